The first kappa shape index (κ1) is 13.3. The molecule has 1 aromatic carbocycles. The highest BCUT2D eigenvalue weighted by atomic mass is 35.5. The molecule has 0 fully saturated rings. The van der Waals surface area contributed by atoms with Crippen molar-refractivity contribution in [1.82, 2.24) is 0 Å². The van der Waals surface area contributed by atoms with Crippen LogP contribution in [0, 0.1) is 0 Å². The van der Waals surface area contributed by atoms with Gasteiger partial charge in [-0.05, 0) is 24.1 Å². The summed E-state index contributed by atoms with van der Waals surface area (Å²) < 4.78 is 5.41. The Hall–Kier alpha value is -1.13. The van der Waals surface area contributed by atoms with Gasteiger partial charge in [0.05, 0.1) is 10.8 Å². The monoisotopic (exact) mass is 283 g/mol. The molecule has 0 bridgehead atoms. The number of nitrogens with two attached hydrogens (primary N) is 1. The third-order valence-corrected chi connectivity index (χ3v) is 4.15. The fourth-order valence-corrected chi connectivity index (χ4v) is 2.94. The van der Waals surface area contributed by atoms with E-state index in [2.05, 4.69) is 0 Å². The molecule has 0 saturated carbocycles. The van der Waals surface area contributed by atoms with Gasteiger partial charge in [-0.2, -0.15) is 0 Å². The Bertz CT molecular complexity index is 459. The summed E-state index contributed by atoms with van der Waals surface area (Å²) in [5.74, 6) is 0.946. The molecule has 2 N–H and O–H groups in total. The van der Waals surface area contributed by atoms with Gasteiger partial charge in [-0.25, -0.2) is 0 Å². The van der Waals surface area contributed by atoms with E-state index in [1.54, 1.807) is 0 Å². The Labute approximate surface area is 115 Å². The van der Waals surface area contributed by atoms with Crippen molar-refractivity contribution in [1.29, 1.82) is 0 Å². The number of rotatable bonds is 5. The summed E-state index contributed by atoms with van der Waals surface area (Å²) >= 11 is 7.07. The van der Waals surface area contributed by atoms with Gasteiger partial charge in [0, 0.05) is 5.25 Å². The topological polar surface area (TPSA) is 52.3 Å². The summed E-state index contributed by atoms with van der Waals surface area (Å²) in [5.41, 5.74) is 6.43. The summed E-state index contributed by atoms with van der Waals surface area (Å²) in [7, 11) is 0. The van der Waals surface area contributed by atoms with E-state index in [1.807, 2.05) is 30.3 Å². The van der Waals surface area contributed by atoms with Crippen molar-refractivity contribution in [2.24, 2.45) is 5.73 Å². The molecule has 96 valence electrons. The van der Waals surface area contributed by atoms with Crippen LogP contribution in [-0.4, -0.2) is 18.4 Å². The minimum absolute atomic E-state index is 0.273. The third kappa shape index (κ3) is 3.21. The molecule has 0 aliphatic carbocycles. The van der Waals surface area contributed by atoms with Crippen LogP contribution in [0.4, 0.5) is 0 Å². The number of thioether (sulfide) groups is 1. The van der Waals surface area contributed by atoms with Gasteiger partial charge in [-0.1, -0.05) is 18.2 Å². The van der Waals surface area contributed by atoms with Gasteiger partial charge in [0.25, 0.3) is 5.91 Å². The van der Waals surface area contributed by atoms with Crippen LogP contribution in [0.3, 0.4) is 0 Å². The Morgan fingerprint density at radius 3 is 2.72 bits per heavy atom. The number of ether oxygens (including phenoxy) is 1. The molecule has 18 heavy (non-hydrogen) atoms. The van der Waals surface area contributed by atoms with Crippen LogP contribution in [0.1, 0.15) is 17.2 Å². The van der Waals surface area contributed by atoms with Gasteiger partial charge < -0.3 is 10.5 Å². The molecule has 1 aromatic rings. The fourth-order valence-electron chi connectivity index (χ4n) is 1.76. The zero-order valence-electron chi connectivity index (χ0n) is 9.77. The number of carbonyl (C=O) groups is 1. The van der Waals surface area contributed by atoms with Crippen LogP contribution >= 0.6 is 23.4 Å². The average molecular weight is 284 g/mol. The summed E-state index contributed by atoms with van der Waals surface area (Å²) in [5, 5.41) is 0.273. The summed E-state index contributed by atoms with van der Waals surface area (Å²) in [6.45, 7) is 0.506. The van der Waals surface area contributed by atoms with Crippen molar-refractivity contribution >= 4 is 29.3 Å². The van der Waals surface area contributed by atoms with Crippen LogP contribution in [0.25, 0.3) is 0 Å². The molecule has 5 heteroatoms. The molecule has 0 aromatic heterocycles. The van der Waals surface area contributed by atoms with Gasteiger partial charge in [-0.3, -0.25) is 4.79 Å². The number of hydrogen-bond acceptors (Lipinski definition) is 3. The smallest absolute Gasteiger partial charge is 0.254 e. The van der Waals surface area contributed by atoms with Crippen LogP contribution < -0.4 is 10.5 Å². The number of halogens is 1. The molecule has 3 nitrogen and oxygen atoms in total. The van der Waals surface area contributed by atoms with Gasteiger partial charge in [0.2, 0.25) is 0 Å². The largest absolute Gasteiger partial charge is 0.492 e. The highest BCUT2D eigenvalue weighted by Crippen LogP contribution is 2.43. The number of primary amides is 1. The number of allylic oxidation sites excluding steroid dienone is 1. The summed E-state index contributed by atoms with van der Waals surface area (Å²) in [6.07, 6.45) is 2.74. The second kappa shape index (κ2) is 6.16. The Morgan fingerprint density at radius 1 is 1.44 bits per heavy atom. The normalized spacial score (nSPS) is 18.5. The lowest BCUT2D eigenvalue weighted by Crippen LogP contribution is -2.10. The van der Waals surface area contributed by atoms with Crippen LogP contribution in [0.2, 0.25) is 0 Å². The first-order chi connectivity index (χ1) is 8.70. The zero-order valence-corrected chi connectivity index (χ0v) is 11.3. The second-order valence-corrected chi connectivity index (χ2v) is 5.50. The van der Waals surface area contributed by atoms with Gasteiger partial charge in [-0.15, -0.1) is 23.4 Å². The quantitative estimate of drug-likeness (QED) is 0.846. The standard InChI is InChI=1S/C13H14ClNO2S/c14-7-8-17-10-3-1-9(2-4-10)11-5-6-12(18-11)13(15)16/h1-4,6,11H,5,7-8H2,(H2,15,16). The van der Waals surface area contributed by atoms with Gasteiger partial charge in [0.15, 0.2) is 0 Å². The molecule has 1 heterocycles. The molecule has 1 aliphatic heterocycles. The maximum Gasteiger partial charge on any atom is 0.254 e. The van der Waals surface area contributed by atoms with E-state index in [1.165, 1.54) is 17.3 Å². The van der Waals surface area contributed by atoms with E-state index in [0.29, 0.717) is 17.4 Å². The molecule has 1 amide bonds. The predicted molar refractivity (Wildman–Crippen MR) is 74.9 cm³/mol. The predicted octanol–water partition coefficient (Wildman–Crippen LogP) is 2.85. The molecule has 1 unspecified atom stereocenters. The molecule has 0 saturated heterocycles. The van der Waals surface area contributed by atoms with Crippen molar-refractivity contribution in [3.05, 3.63) is 40.8 Å². The average Bonchev–Trinajstić information content (AvgIpc) is 2.87. The van der Waals surface area contributed by atoms with E-state index in [0.717, 1.165) is 12.2 Å². The Balaban J connectivity index is 1.97. The Kier molecular flexibility index (Phi) is 4.55. The van der Waals surface area contributed by atoms with E-state index >= 15 is 0 Å². The minimum Gasteiger partial charge on any atom is -0.492 e. The lowest BCUT2D eigenvalue weighted by atomic mass is 10.1. The molecule has 0 radical (unpaired) electrons. The second-order valence-electron chi connectivity index (χ2n) is 3.88. The van der Waals surface area contributed by atoms with E-state index < -0.39 is 0 Å². The SMILES string of the molecule is NC(=O)C1=CCC(c2ccc(OCCCl)cc2)S1. The van der Waals surface area contributed by atoms with E-state index in [9.17, 15) is 4.79 Å². The van der Waals surface area contributed by atoms with Gasteiger partial charge >= 0.3 is 0 Å². The third-order valence-electron chi connectivity index (χ3n) is 2.63. The van der Waals surface area contributed by atoms with Gasteiger partial charge in [0.1, 0.15) is 12.4 Å². The first-order valence-electron chi connectivity index (χ1n) is 5.66. The van der Waals surface area contributed by atoms with Crippen molar-refractivity contribution in [3.8, 4) is 5.75 Å². The maximum absolute atomic E-state index is 11.1. The number of carbonyl (C=O) groups excluding carboxylic acids is 1. The fraction of sp³-hybridized carbons (Fsp3) is 0.308. The Morgan fingerprint density at radius 2 is 2.17 bits per heavy atom. The molecule has 0 spiro atoms. The number of amides is 1. The van der Waals surface area contributed by atoms with E-state index in [-0.39, 0.29) is 11.2 Å². The highest BCUT2D eigenvalue weighted by Gasteiger charge is 2.22. The minimum atomic E-state index is -0.343. The maximum atomic E-state index is 11.1. The summed E-state index contributed by atoms with van der Waals surface area (Å²) in [6, 6.07) is 7.87. The number of alkyl halides is 1. The first-order valence-corrected chi connectivity index (χ1v) is 7.07. The number of hydrogen-bond donors (Lipinski definition) is 1. The van der Waals surface area contributed by atoms with E-state index in [4.69, 9.17) is 22.1 Å². The summed E-state index contributed by atoms with van der Waals surface area (Å²) in [4.78, 5) is 11.7. The van der Waals surface area contributed by atoms with Crippen molar-refractivity contribution in [2.75, 3.05) is 12.5 Å². The molecule has 1 aliphatic rings. The van der Waals surface area contributed by atoms with Crippen LogP contribution in [0.5, 0.6) is 5.75 Å². The van der Waals surface area contributed by atoms with Crippen molar-refractivity contribution in [2.45, 2.75) is 11.7 Å². The lowest BCUT2D eigenvalue weighted by Gasteiger charge is -2.11. The number of benzene rings is 1. The van der Waals surface area contributed by atoms with Crippen molar-refractivity contribution < 1.29 is 9.53 Å². The zero-order chi connectivity index (χ0) is 13.0. The van der Waals surface area contributed by atoms with Crippen molar-refractivity contribution in [3.63, 3.8) is 0 Å². The van der Waals surface area contributed by atoms with Crippen LogP contribution in [0.15, 0.2) is 35.2 Å². The molecule has 1 atom stereocenters. The highest BCUT2D eigenvalue weighted by molar-refractivity contribution is 8.04. The lowest BCUT2D eigenvalue weighted by molar-refractivity contribution is -0.113. The molecule has 2 rings (SSSR count). The van der Waals surface area contributed by atoms with Crippen LogP contribution in [-0.2, 0) is 4.79 Å². The molecular formula is C13H14ClNO2S. The molecular weight excluding hydrogens is 270 g/mol.